The molecule has 2 heterocycles. The lowest BCUT2D eigenvalue weighted by molar-refractivity contribution is 0.0951. The summed E-state index contributed by atoms with van der Waals surface area (Å²) in [4.78, 5) is 15.8. The van der Waals surface area contributed by atoms with Crippen LogP contribution in [0, 0.1) is 6.92 Å². The van der Waals surface area contributed by atoms with Crippen LogP contribution in [0.3, 0.4) is 0 Å². The molecule has 0 aromatic carbocycles. The van der Waals surface area contributed by atoms with Gasteiger partial charge in [-0.05, 0) is 13.0 Å². The number of hydrogen-bond donors (Lipinski definition) is 2. The van der Waals surface area contributed by atoms with Gasteiger partial charge < -0.3 is 11.1 Å². The number of anilines is 1. The normalized spacial score (nSPS) is 10.3. The molecule has 2 aromatic heterocycles. The van der Waals surface area contributed by atoms with Crippen LogP contribution in [0.5, 0.6) is 0 Å². The number of carbonyl (C=O) groups excluding carboxylic acids is 1. The number of aromatic nitrogens is 3. The van der Waals surface area contributed by atoms with E-state index in [4.69, 9.17) is 5.73 Å². The maximum atomic E-state index is 11.9. The van der Waals surface area contributed by atoms with E-state index in [0.29, 0.717) is 17.8 Å². The maximum absolute atomic E-state index is 11.9. The van der Waals surface area contributed by atoms with Crippen LogP contribution in [0.1, 0.15) is 21.6 Å². The molecule has 0 radical (unpaired) electrons. The van der Waals surface area contributed by atoms with Gasteiger partial charge in [-0.3, -0.25) is 14.5 Å². The van der Waals surface area contributed by atoms with Crippen molar-refractivity contribution in [1.29, 1.82) is 0 Å². The largest absolute Gasteiger partial charge is 0.398 e. The molecule has 0 spiro atoms. The van der Waals surface area contributed by atoms with Gasteiger partial charge in [-0.2, -0.15) is 5.10 Å². The minimum absolute atomic E-state index is 0.233. The summed E-state index contributed by atoms with van der Waals surface area (Å²) >= 11 is 0. The zero-order chi connectivity index (χ0) is 13.1. The van der Waals surface area contributed by atoms with Crippen molar-refractivity contribution in [1.82, 2.24) is 20.1 Å². The summed E-state index contributed by atoms with van der Waals surface area (Å²) < 4.78 is 1.76. The van der Waals surface area contributed by atoms with Gasteiger partial charge in [0, 0.05) is 42.9 Å². The summed E-state index contributed by atoms with van der Waals surface area (Å²) in [5.74, 6) is -0.233. The third kappa shape index (κ3) is 2.32. The van der Waals surface area contributed by atoms with Crippen LogP contribution in [0.25, 0.3) is 0 Å². The van der Waals surface area contributed by atoms with E-state index in [0.717, 1.165) is 11.3 Å². The molecule has 0 aliphatic rings. The van der Waals surface area contributed by atoms with Crippen molar-refractivity contribution in [3.63, 3.8) is 0 Å². The third-order valence-corrected chi connectivity index (χ3v) is 2.88. The molecule has 0 unspecified atom stereocenters. The van der Waals surface area contributed by atoms with Crippen LogP contribution >= 0.6 is 0 Å². The van der Waals surface area contributed by atoms with Crippen molar-refractivity contribution < 1.29 is 4.79 Å². The Morgan fingerprint density at radius 3 is 2.89 bits per heavy atom. The molecular weight excluding hydrogens is 230 g/mol. The molecule has 3 N–H and O–H groups in total. The lowest BCUT2D eigenvalue weighted by atomic mass is 10.2. The van der Waals surface area contributed by atoms with Gasteiger partial charge >= 0.3 is 0 Å². The van der Waals surface area contributed by atoms with E-state index in [-0.39, 0.29) is 5.91 Å². The first-order valence-electron chi connectivity index (χ1n) is 5.54. The molecule has 0 aliphatic carbocycles. The predicted octanol–water partition coefficient (Wildman–Crippen LogP) is 0.636. The molecular formula is C12H15N5O. The average molecular weight is 245 g/mol. The summed E-state index contributed by atoms with van der Waals surface area (Å²) in [7, 11) is 1.86. The SMILES string of the molecule is Cc1c(CNC(=O)c2cnccc2N)cnn1C. The number of amides is 1. The molecule has 6 nitrogen and oxygen atoms in total. The van der Waals surface area contributed by atoms with Gasteiger partial charge in [0.1, 0.15) is 0 Å². The van der Waals surface area contributed by atoms with Crippen LogP contribution in [0.2, 0.25) is 0 Å². The average Bonchev–Trinajstić information content (AvgIpc) is 2.68. The smallest absolute Gasteiger partial charge is 0.255 e. The van der Waals surface area contributed by atoms with E-state index in [1.807, 2.05) is 14.0 Å². The Morgan fingerprint density at radius 2 is 2.28 bits per heavy atom. The van der Waals surface area contributed by atoms with Crippen molar-refractivity contribution in [2.24, 2.45) is 7.05 Å². The summed E-state index contributed by atoms with van der Waals surface area (Å²) in [6, 6.07) is 1.60. The first-order chi connectivity index (χ1) is 8.59. The Hall–Kier alpha value is -2.37. The molecule has 0 fully saturated rings. The van der Waals surface area contributed by atoms with Crippen molar-refractivity contribution >= 4 is 11.6 Å². The van der Waals surface area contributed by atoms with E-state index in [2.05, 4.69) is 15.4 Å². The number of nitrogens with zero attached hydrogens (tertiary/aromatic N) is 3. The van der Waals surface area contributed by atoms with Gasteiger partial charge in [-0.15, -0.1) is 0 Å². The number of rotatable bonds is 3. The van der Waals surface area contributed by atoms with Crippen LogP contribution in [0.15, 0.2) is 24.7 Å². The Morgan fingerprint density at radius 1 is 1.50 bits per heavy atom. The topological polar surface area (TPSA) is 85.8 Å². The van der Waals surface area contributed by atoms with Gasteiger partial charge in [0.05, 0.1) is 11.8 Å². The second-order valence-electron chi connectivity index (χ2n) is 4.02. The molecule has 0 saturated heterocycles. The molecule has 2 aromatic rings. The minimum atomic E-state index is -0.233. The van der Waals surface area contributed by atoms with Crippen LogP contribution < -0.4 is 11.1 Å². The molecule has 0 saturated carbocycles. The molecule has 0 bridgehead atoms. The number of nitrogen functional groups attached to an aromatic ring is 1. The highest BCUT2D eigenvalue weighted by Crippen LogP contribution is 2.09. The highest BCUT2D eigenvalue weighted by molar-refractivity contribution is 5.98. The second kappa shape index (κ2) is 4.87. The Kier molecular flexibility index (Phi) is 3.27. The zero-order valence-electron chi connectivity index (χ0n) is 10.3. The number of carbonyl (C=O) groups is 1. The molecule has 0 aliphatic heterocycles. The van der Waals surface area contributed by atoms with Gasteiger partial charge in [0.25, 0.3) is 5.91 Å². The van der Waals surface area contributed by atoms with E-state index in [9.17, 15) is 4.79 Å². The summed E-state index contributed by atoms with van der Waals surface area (Å²) in [5.41, 5.74) is 8.52. The summed E-state index contributed by atoms with van der Waals surface area (Å²) in [6.45, 7) is 2.37. The highest BCUT2D eigenvalue weighted by atomic mass is 16.1. The third-order valence-electron chi connectivity index (χ3n) is 2.88. The standard InChI is InChI=1S/C12H15N5O/c1-8-9(6-16-17(8)2)5-15-12(18)10-7-14-4-3-11(10)13/h3-4,6-7H,5H2,1-2H3,(H2,13,14)(H,15,18). The molecule has 1 amide bonds. The lowest BCUT2D eigenvalue weighted by Gasteiger charge is -2.06. The van der Waals surface area contributed by atoms with E-state index < -0.39 is 0 Å². The van der Waals surface area contributed by atoms with Gasteiger partial charge in [-0.25, -0.2) is 0 Å². The molecule has 94 valence electrons. The number of nitrogens with two attached hydrogens (primary N) is 1. The maximum Gasteiger partial charge on any atom is 0.255 e. The first-order valence-corrected chi connectivity index (χ1v) is 5.54. The van der Waals surface area contributed by atoms with Crippen LogP contribution in [0.4, 0.5) is 5.69 Å². The van der Waals surface area contributed by atoms with Crippen molar-refractivity contribution in [2.75, 3.05) is 5.73 Å². The highest BCUT2D eigenvalue weighted by Gasteiger charge is 2.10. The Bertz CT molecular complexity index is 576. The van der Waals surface area contributed by atoms with Gasteiger partial charge in [-0.1, -0.05) is 0 Å². The van der Waals surface area contributed by atoms with Crippen molar-refractivity contribution in [3.05, 3.63) is 41.5 Å². The van der Waals surface area contributed by atoms with Crippen LogP contribution in [-0.4, -0.2) is 20.7 Å². The van der Waals surface area contributed by atoms with E-state index >= 15 is 0 Å². The van der Waals surface area contributed by atoms with Crippen molar-refractivity contribution in [2.45, 2.75) is 13.5 Å². The monoisotopic (exact) mass is 245 g/mol. The first kappa shape index (κ1) is 12.1. The predicted molar refractivity (Wildman–Crippen MR) is 67.8 cm³/mol. The van der Waals surface area contributed by atoms with Crippen molar-refractivity contribution in [3.8, 4) is 0 Å². The fourth-order valence-electron chi connectivity index (χ4n) is 1.58. The number of nitrogens with one attached hydrogen (secondary N) is 1. The number of pyridine rings is 1. The summed E-state index contributed by atoms with van der Waals surface area (Å²) in [6.07, 6.45) is 4.75. The fourth-order valence-corrected chi connectivity index (χ4v) is 1.58. The van der Waals surface area contributed by atoms with Crippen LogP contribution in [-0.2, 0) is 13.6 Å². The Labute approximate surface area is 105 Å². The van der Waals surface area contributed by atoms with E-state index in [1.165, 1.54) is 6.20 Å². The second-order valence-corrected chi connectivity index (χ2v) is 4.02. The number of aryl methyl sites for hydroxylation is 1. The quantitative estimate of drug-likeness (QED) is 0.830. The Balaban J connectivity index is 2.05. The van der Waals surface area contributed by atoms with Gasteiger partial charge in [0.2, 0.25) is 0 Å². The fraction of sp³-hybridized carbons (Fsp3) is 0.250. The molecule has 2 rings (SSSR count). The number of hydrogen-bond acceptors (Lipinski definition) is 4. The summed E-state index contributed by atoms with van der Waals surface area (Å²) in [5, 5.41) is 6.91. The zero-order valence-corrected chi connectivity index (χ0v) is 10.3. The van der Waals surface area contributed by atoms with Gasteiger partial charge in [0.15, 0.2) is 0 Å². The minimum Gasteiger partial charge on any atom is -0.398 e. The molecule has 18 heavy (non-hydrogen) atoms. The molecule has 6 heteroatoms. The molecule has 0 atom stereocenters. The lowest BCUT2D eigenvalue weighted by Crippen LogP contribution is -2.24. The van der Waals surface area contributed by atoms with E-state index in [1.54, 1.807) is 23.1 Å².